The van der Waals surface area contributed by atoms with Gasteiger partial charge in [0, 0.05) is 19.0 Å². The Labute approximate surface area is 101 Å². The summed E-state index contributed by atoms with van der Waals surface area (Å²) in [5.74, 6) is -1.96. The van der Waals surface area contributed by atoms with Crippen molar-refractivity contribution in [1.82, 2.24) is 10.6 Å². The minimum absolute atomic E-state index is 0.0497. The third kappa shape index (κ3) is 5.33. The molecule has 0 aliphatic heterocycles. The Morgan fingerprint density at radius 3 is 2.18 bits per heavy atom. The zero-order valence-electron chi connectivity index (χ0n) is 10.7. The number of nitrogens with one attached hydrogen (secondary N) is 2. The standard InChI is InChI=1S/C11H20N2O4/c1-7(2)13-8(14)5-6-12-9(15)11(3,4)10(16)17/h7H,5-6H2,1-4H3,(H,12,15)(H,13,14)(H,16,17). The van der Waals surface area contributed by atoms with Gasteiger partial charge in [0.25, 0.3) is 0 Å². The van der Waals surface area contributed by atoms with Crippen molar-refractivity contribution < 1.29 is 19.5 Å². The average molecular weight is 244 g/mol. The Bertz CT molecular complexity index is 311. The Morgan fingerprint density at radius 2 is 1.76 bits per heavy atom. The van der Waals surface area contributed by atoms with Crippen LogP contribution >= 0.6 is 0 Å². The van der Waals surface area contributed by atoms with E-state index in [0.29, 0.717) is 0 Å². The first kappa shape index (κ1) is 15.4. The number of hydrogen-bond acceptors (Lipinski definition) is 3. The van der Waals surface area contributed by atoms with Crippen LogP contribution in [0.2, 0.25) is 0 Å². The van der Waals surface area contributed by atoms with Crippen molar-refractivity contribution in [2.45, 2.75) is 40.2 Å². The highest BCUT2D eigenvalue weighted by molar-refractivity contribution is 6.01. The van der Waals surface area contributed by atoms with Crippen LogP contribution in [0.4, 0.5) is 0 Å². The maximum atomic E-state index is 11.5. The van der Waals surface area contributed by atoms with E-state index in [1.807, 2.05) is 13.8 Å². The lowest BCUT2D eigenvalue weighted by molar-refractivity contribution is -0.153. The van der Waals surface area contributed by atoms with E-state index in [9.17, 15) is 14.4 Å². The van der Waals surface area contributed by atoms with Crippen molar-refractivity contribution in [1.29, 1.82) is 0 Å². The van der Waals surface area contributed by atoms with E-state index >= 15 is 0 Å². The number of carboxylic acids is 1. The van der Waals surface area contributed by atoms with Crippen molar-refractivity contribution in [3.63, 3.8) is 0 Å². The quantitative estimate of drug-likeness (QED) is 0.579. The van der Waals surface area contributed by atoms with Crippen LogP contribution in [0.3, 0.4) is 0 Å². The highest BCUT2D eigenvalue weighted by atomic mass is 16.4. The third-order valence-corrected chi connectivity index (χ3v) is 2.19. The van der Waals surface area contributed by atoms with Crippen LogP contribution in [0.1, 0.15) is 34.1 Å². The number of carboxylic acid groups (broad SMARTS) is 1. The van der Waals surface area contributed by atoms with E-state index in [0.717, 1.165) is 0 Å². The molecule has 2 amide bonds. The summed E-state index contributed by atoms with van der Waals surface area (Å²) in [7, 11) is 0. The Morgan fingerprint density at radius 1 is 1.24 bits per heavy atom. The normalized spacial score (nSPS) is 11.1. The van der Waals surface area contributed by atoms with Crippen molar-refractivity contribution in [2.24, 2.45) is 5.41 Å². The first-order valence-electron chi connectivity index (χ1n) is 5.49. The maximum absolute atomic E-state index is 11.5. The van der Waals surface area contributed by atoms with Crippen molar-refractivity contribution in [2.75, 3.05) is 6.54 Å². The van der Waals surface area contributed by atoms with E-state index < -0.39 is 17.3 Å². The molecule has 0 spiro atoms. The number of rotatable bonds is 6. The van der Waals surface area contributed by atoms with Gasteiger partial charge >= 0.3 is 5.97 Å². The summed E-state index contributed by atoms with van der Waals surface area (Å²) in [4.78, 5) is 33.5. The van der Waals surface area contributed by atoms with Crippen molar-refractivity contribution in [3.05, 3.63) is 0 Å². The fraction of sp³-hybridized carbons (Fsp3) is 0.727. The van der Waals surface area contributed by atoms with Gasteiger partial charge in [0.1, 0.15) is 5.41 Å². The topological polar surface area (TPSA) is 95.5 Å². The third-order valence-electron chi connectivity index (χ3n) is 2.19. The molecule has 0 aliphatic rings. The summed E-state index contributed by atoms with van der Waals surface area (Å²) < 4.78 is 0. The molecule has 6 nitrogen and oxygen atoms in total. The van der Waals surface area contributed by atoms with Crippen LogP contribution in [0, 0.1) is 5.41 Å². The van der Waals surface area contributed by atoms with Crippen LogP contribution in [0.15, 0.2) is 0 Å². The molecule has 0 bridgehead atoms. The lowest BCUT2D eigenvalue weighted by Crippen LogP contribution is -2.43. The van der Waals surface area contributed by atoms with Gasteiger partial charge in [-0.15, -0.1) is 0 Å². The summed E-state index contributed by atoms with van der Waals surface area (Å²) >= 11 is 0. The molecule has 98 valence electrons. The Kier molecular flexibility index (Phi) is 5.64. The van der Waals surface area contributed by atoms with Gasteiger partial charge in [0.2, 0.25) is 11.8 Å². The van der Waals surface area contributed by atoms with E-state index in [2.05, 4.69) is 10.6 Å². The molecule has 0 saturated carbocycles. The van der Waals surface area contributed by atoms with Gasteiger partial charge in [0.05, 0.1) is 0 Å². The summed E-state index contributed by atoms with van der Waals surface area (Å²) in [6, 6.07) is 0.0497. The smallest absolute Gasteiger partial charge is 0.318 e. The maximum Gasteiger partial charge on any atom is 0.318 e. The summed E-state index contributed by atoms with van der Waals surface area (Å²) in [6.45, 7) is 6.44. The Hall–Kier alpha value is -1.59. The first-order valence-corrected chi connectivity index (χ1v) is 5.49. The van der Waals surface area contributed by atoms with Crippen LogP contribution in [0.25, 0.3) is 0 Å². The van der Waals surface area contributed by atoms with E-state index in [4.69, 9.17) is 5.11 Å². The summed E-state index contributed by atoms with van der Waals surface area (Å²) in [5, 5.41) is 13.9. The molecule has 0 aromatic carbocycles. The minimum atomic E-state index is -1.48. The highest BCUT2D eigenvalue weighted by Crippen LogP contribution is 2.14. The molecule has 17 heavy (non-hydrogen) atoms. The fourth-order valence-electron chi connectivity index (χ4n) is 1.00. The van der Waals surface area contributed by atoms with Crippen LogP contribution in [0.5, 0.6) is 0 Å². The molecular weight excluding hydrogens is 224 g/mol. The number of amides is 2. The average Bonchev–Trinajstić information content (AvgIpc) is 2.15. The second kappa shape index (κ2) is 6.22. The number of carbonyl (C=O) groups is 3. The molecule has 0 fully saturated rings. The van der Waals surface area contributed by atoms with E-state index in [1.54, 1.807) is 0 Å². The number of aliphatic carboxylic acids is 1. The van der Waals surface area contributed by atoms with Gasteiger partial charge in [-0.2, -0.15) is 0 Å². The highest BCUT2D eigenvalue weighted by Gasteiger charge is 2.35. The molecule has 0 aromatic rings. The van der Waals surface area contributed by atoms with Crippen LogP contribution < -0.4 is 10.6 Å². The van der Waals surface area contributed by atoms with E-state index in [-0.39, 0.29) is 24.9 Å². The van der Waals surface area contributed by atoms with Crippen molar-refractivity contribution in [3.8, 4) is 0 Å². The summed E-state index contributed by atoms with van der Waals surface area (Å²) in [6.07, 6.45) is 0.139. The van der Waals surface area contributed by atoms with Gasteiger partial charge in [-0.25, -0.2) is 0 Å². The number of carbonyl (C=O) groups excluding carboxylic acids is 2. The fourth-order valence-corrected chi connectivity index (χ4v) is 1.00. The molecule has 0 saturated heterocycles. The molecule has 0 atom stereocenters. The molecule has 0 unspecified atom stereocenters. The van der Waals surface area contributed by atoms with Crippen molar-refractivity contribution >= 4 is 17.8 Å². The molecule has 0 heterocycles. The van der Waals surface area contributed by atoms with Gasteiger partial charge in [-0.05, 0) is 27.7 Å². The molecular formula is C11H20N2O4. The van der Waals surface area contributed by atoms with Gasteiger partial charge in [0.15, 0.2) is 0 Å². The molecule has 6 heteroatoms. The molecule has 3 N–H and O–H groups in total. The SMILES string of the molecule is CC(C)NC(=O)CCNC(=O)C(C)(C)C(=O)O. The minimum Gasteiger partial charge on any atom is -0.480 e. The summed E-state index contributed by atoms with van der Waals surface area (Å²) in [5.41, 5.74) is -1.48. The molecule has 0 radical (unpaired) electrons. The zero-order valence-corrected chi connectivity index (χ0v) is 10.7. The first-order chi connectivity index (χ1) is 7.67. The lowest BCUT2D eigenvalue weighted by atomic mass is 9.93. The predicted molar refractivity (Wildman–Crippen MR) is 62.3 cm³/mol. The van der Waals surface area contributed by atoms with Crippen LogP contribution in [-0.2, 0) is 14.4 Å². The second-order valence-corrected chi connectivity index (χ2v) is 4.66. The van der Waals surface area contributed by atoms with Gasteiger partial charge in [-0.3, -0.25) is 14.4 Å². The largest absolute Gasteiger partial charge is 0.480 e. The predicted octanol–water partition coefficient (Wildman–Crippen LogP) is 0.128. The monoisotopic (exact) mass is 244 g/mol. The number of hydrogen-bond donors (Lipinski definition) is 3. The molecule has 0 aliphatic carbocycles. The van der Waals surface area contributed by atoms with Gasteiger partial charge < -0.3 is 15.7 Å². The lowest BCUT2D eigenvalue weighted by Gasteiger charge is -2.18. The molecule has 0 aromatic heterocycles. The van der Waals surface area contributed by atoms with Crippen LogP contribution in [-0.4, -0.2) is 35.5 Å². The second-order valence-electron chi connectivity index (χ2n) is 4.66. The van der Waals surface area contributed by atoms with Gasteiger partial charge in [-0.1, -0.05) is 0 Å². The Balaban J connectivity index is 4.02. The molecule has 0 rings (SSSR count). The zero-order chi connectivity index (χ0) is 13.6. The van der Waals surface area contributed by atoms with E-state index in [1.165, 1.54) is 13.8 Å².